The number of carbonyl (C=O) groups excluding carboxylic acids is 2. The molecule has 29 heavy (non-hydrogen) atoms. The van der Waals surface area contributed by atoms with Gasteiger partial charge in [0.15, 0.2) is 0 Å². The van der Waals surface area contributed by atoms with Crippen molar-refractivity contribution in [2.24, 2.45) is 0 Å². The summed E-state index contributed by atoms with van der Waals surface area (Å²) in [7, 11) is 0. The number of anilines is 2. The lowest BCUT2D eigenvalue weighted by atomic mass is 10.1. The lowest BCUT2D eigenvalue weighted by molar-refractivity contribution is -0.137. The molecule has 0 saturated carbocycles. The molecular weight excluding hydrogens is 383 g/mol. The predicted molar refractivity (Wildman–Crippen MR) is 105 cm³/mol. The third-order valence-corrected chi connectivity index (χ3v) is 4.66. The molecule has 0 unspecified atom stereocenters. The van der Waals surface area contributed by atoms with Gasteiger partial charge in [-0.3, -0.25) is 15.0 Å². The van der Waals surface area contributed by atoms with Crippen LogP contribution in [0.1, 0.15) is 25.0 Å². The van der Waals surface area contributed by atoms with Gasteiger partial charge in [0.2, 0.25) is 0 Å². The molecular formula is C21H20F3N3O2. The fourth-order valence-corrected chi connectivity index (χ4v) is 3.10. The second-order valence-corrected chi connectivity index (χ2v) is 6.45. The minimum absolute atomic E-state index is 0.0570. The van der Waals surface area contributed by atoms with Gasteiger partial charge in [0.05, 0.1) is 11.3 Å². The maximum Gasteiger partial charge on any atom is 0.416 e. The van der Waals surface area contributed by atoms with Crippen LogP contribution in [0.4, 0.5) is 24.5 Å². The quantitative estimate of drug-likeness (QED) is 0.606. The topological polar surface area (TPSA) is 52.7 Å². The van der Waals surface area contributed by atoms with Crippen molar-refractivity contribution in [3.63, 3.8) is 0 Å². The summed E-state index contributed by atoms with van der Waals surface area (Å²) in [5.74, 6) is -1.37. The molecule has 2 aromatic carbocycles. The number of hydrazine groups is 1. The first-order valence-corrected chi connectivity index (χ1v) is 9.14. The van der Waals surface area contributed by atoms with E-state index in [-0.39, 0.29) is 11.3 Å². The van der Waals surface area contributed by atoms with Gasteiger partial charge in [-0.25, -0.2) is 5.01 Å². The normalized spacial score (nSPS) is 15.8. The Balaban J connectivity index is 1.86. The summed E-state index contributed by atoms with van der Waals surface area (Å²) in [6.45, 7) is 5.79. The first-order chi connectivity index (χ1) is 13.7. The Bertz CT molecular complexity index is 948. The minimum Gasteiger partial charge on any atom is -0.372 e. The number of hydrogen-bond acceptors (Lipinski definition) is 3. The van der Waals surface area contributed by atoms with E-state index in [1.54, 1.807) is 12.1 Å². The van der Waals surface area contributed by atoms with E-state index < -0.39 is 23.6 Å². The van der Waals surface area contributed by atoms with Crippen LogP contribution in [0.5, 0.6) is 0 Å². The summed E-state index contributed by atoms with van der Waals surface area (Å²) >= 11 is 0. The highest BCUT2D eigenvalue weighted by Gasteiger charge is 2.36. The molecule has 0 atom stereocenters. The van der Waals surface area contributed by atoms with Gasteiger partial charge in [-0.1, -0.05) is 18.2 Å². The van der Waals surface area contributed by atoms with Crippen molar-refractivity contribution >= 4 is 29.3 Å². The summed E-state index contributed by atoms with van der Waals surface area (Å²) in [4.78, 5) is 27.0. The molecule has 0 aromatic heterocycles. The first kappa shape index (κ1) is 20.4. The molecule has 0 bridgehead atoms. The van der Waals surface area contributed by atoms with Crippen LogP contribution in [-0.4, -0.2) is 24.9 Å². The molecule has 0 spiro atoms. The van der Waals surface area contributed by atoms with Crippen molar-refractivity contribution in [2.45, 2.75) is 20.0 Å². The smallest absolute Gasteiger partial charge is 0.372 e. The summed E-state index contributed by atoms with van der Waals surface area (Å²) in [5.41, 5.74) is 2.88. The molecule has 152 valence electrons. The number of carbonyl (C=O) groups is 2. The van der Waals surface area contributed by atoms with Crippen molar-refractivity contribution in [3.8, 4) is 0 Å². The molecule has 1 aliphatic rings. The van der Waals surface area contributed by atoms with Crippen molar-refractivity contribution < 1.29 is 22.8 Å². The van der Waals surface area contributed by atoms with E-state index in [2.05, 4.69) is 10.3 Å². The van der Waals surface area contributed by atoms with Crippen LogP contribution in [0.3, 0.4) is 0 Å². The maximum atomic E-state index is 12.9. The van der Waals surface area contributed by atoms with Gasteiger partial charge in [0.25, 0.3) is 11.8 Å². The SMILES string of the molecule is CCN(CC)c1ccc(/C=C2/C(=O)NN(c3cccc(C(F)(F)F)c3)C2=O)cc1. The van der Waals surface area contributed by atoms with Crippen LogP contribution in [0, 0.1) is 0 Å². The number of nitrogens with zero attached hydrogens (tertiary/aromatic N) is 2. The Kier molecular flexibility index (Phi) is 5.63. The van der Waals surface area contributed by atoms with Crippen LogP contribution in [-0.2, 0) is 15.8 Å². The molecule has 3 rings (SSSR count). The van der Waals surface area contributed by atoms with Crippen molar-refractivity contribution in [1.29, 1.82) is 0 Å². The van der Waals surface area contributed by atoms with E-state index in [0.29, 0.717) is 5.56 Å². The fraction of sp³-hybridized carbons (Fsp3) is 0.238. The van der Waals surface area contributed by atoms with Crippen LogP contribution >= 0.6 is 0 Å². The van der Waals surface area contributed by atoms with E-state index in [4.69, 9.17) is 0 Å². The van der Waals surface area contributed by atoms with Crippen LogP contribution < -0.4 is 15.3 Å². The molecule has 0 radical (unpaired) electrons. The monoisotopic (exact) mass is 403 g/mol. The third kappa shape index (κ3) is 4.26. The van der Waals surface area contributed by atoms with Crippen LogP contribution in [0.15, 0.2) is 54.1 Å². The number of rotatable bonds is 5. The Morgan fingerprint density at radius 3 is 2.28 bits per heavy atom. The van der Waals surface area contributed by atoms with Gasteiger partial charge in [0, 0.05) is 18.8 Å². The average Bonchev–Trinajstić information content (AvgIpc) is 2.98. The Morgan fingerprint density at radius 2 is 1.69 bits per heavy atom. The zero-order chi connectivity index (χ0) is 21.2. The second-order valence-electron chi connectivity index (χ2n) is 6.45. The standard InChI is InChI=1S/C21H20F3N3O2/c1-3-26(4-2)16-10-8-14(9-11-16)12-18-19(28)25-27(20(18)29)17-7-5-6-15(13-17)21(22,23)24/h5-13H,3-4H2,1-2H3,(H,25,28)/b18-12-. The largest absolute Gasteiger partial charge is 0.416 e. The number of benzene rings is 2. The van der Waals surface area contributed by atoms with Crippen molar-refractivity contribution in [1.82, 2.24) is 5.43 Å². The zero-order valence-electron chi connectivity index (χ0n) is 16.0. The fourth-order valence-electron chi connectivity index (χ4n) is 3.10. The lowest BCUT2D eigenvalue weighted by Crippen LogP contribution is -2.35. The molecule has 2 amide bonds. The number of nitrogens with one attached hydrogen (secondary N) is 1. The summed E-state index contributed by atoms with van der Waals surface area (Å²) in [5, 5.41) is 0.827. The molecule has 1 aliphatic heterocycles. The van der Waals surface area contributed by atoms with Gasteiger partial charge < -0.3 is 4.90 Å². The summed E-state index contributed by atoms with van der Waals surface area (Å²) in [6, 6.07) is 11.6. The van der Waals surface area contributed by atoms with Gasteiger partial charge in [-0.15, -0.1) is 0 Å². The zero-order valence-corrected chi connectivity index (χ0v) is 16.0. The Hall–Kier alpha value is -3.29. The molecule has 1 N–H and O–H groups in total. The van der Waals surface area contributed by atoms with Gasteiger partial charge in [-0.05, 0) is 55.8 Å². The highest BCUT2D eigenvalue weighted by Crippen LogP contribution is 2.32. The number of alkyl halides is 3. The number of amides is 2. The first-order valence-electron chi connectivity index (χ1n) is 9.14. The van der Waals surface area contributed by atoms with Gasteiger partial charge >= 0.3 is 6.18 Å². The molecule has 2 aromatic rings. The molecule has 0 aliphatic carbocycles. The Labute approximate surface area is 166 Å². The highest BCUT2D eigenvalue weighted by molar-refractivity contribution is 6.31. The predicted octanol–water partition coefficient (Wildman–Crippen LogP) is 4.01. The minimum atomic E-state index is -4.55. The molecule has 1 fully saturated rings. The van der Waals surface area contributed by atoms with Crippen molar-refractivity contribution in [2.75, 3.05) is 23.0 Å². The molecule has 5 nitrogen and oxygen atoms in total. The molecule has 1 saturated heterocycles. The van der Waals surface area contributed by atoms with Crippen LogP contribution in [0.25, 0.3) is 6.08 Å². The number of hydrogen-bond donors (Lipinski definition) is 1. The Morgan fingerprint density at radius 1 is 1.03 bits per heavy atom. The van der Waals surface area contributed by atoms with E-state index in [0.717, 1.165) is 35.9 Å². The maximum absolute atomic E-state index is 12.9. The second kappa shape index (κ2) is 7.98. The highest BCUT2D eigenvalue weighted by atomic mass is 19.4. The van der Waals surface area contributed by atoms with Crippen LogP contribution in [0.2, 0.25) is 0 Å². The van der Waals surface area contributed by atoms with Crippen molar-refractivity contribution in [3.05, 3.63) is 65.2 Å². The third-order valence-electron chi connectivity index (χ3n) is 4.66. The number of halogens is 3. The van der Waals surface area contributed by atoms with Gasteiger partial charge in [0.1, 0.15) is 5.57 Å². The molecule has 8 heteroatoms. The summed E-state index contributed by atoms with van der Waals surface area (Å²) < 4.78 is 38.8. The molecule has 1 heterocycles. The van der Waals surface area contributed by atoms with Gasteiger partial charge in [-0.2, -0.15) is 13.2 Å². The van der Waals surface area contributed by atoms with E-state index >= 15 is 0 Å². The van der Waals surface area contributed by atoms with E-state index in [9.17, 15) is 22.8 Å². The van der Waals surface area contributed by atoms with E-state index in [1.807, 2.05) is 26.0 Å². The average molecular weight is 403 g/mol. The van der Waals surface area contributed by atoms with E-state index in [1.165, 1.54) is 18.2 Å². The lowest BCUT2D eigenvalue weighted by Gasteiger charge is -2.20. The summed E-state index contributed by atoms with van der Waals surface area (Å²) in [6.07, 6.45) is -3.12.